The van der Waals surface area contributed by atoms with Crippen molar-refractivity contribution >= 4 is 38.9 Å². The Hall–Kier alpha value is -4.08. The smallest absolute Gasteiger partial charge is 0.509 e. The van der Waals surface area contributed by atoms with Gasteiger partial charge in [-0.25, -0.2) is 4.98 Å². The van der Waals surface area contributed by atoms with E-state index in [4.69, 9.17) is 9.72 Å². The minimum absolute atomic E-state index is 0. The molecule has 49 heavy (non-hydrogen) atoms. The number of nitrogens with zero attached hydrogens (tertiary/aromatic N) is 4. The van der Waals surface area contributed by atoms with E-state index in [1.54, 1.807) is 0 Å². The molecular weight excluding hydrogens is 784 g/mol. The van der Waals surface area contributed by atoms with E-state index in [0.29, 0.717) is 11.5 Å². The van der Waals surface area contributed by atoms with E-state index in [1.165, 1.54) is 33.5 Å². The van der Waals surface area contributed by atoms with Crippen LogP contribution in [0.15, 0.2) is 85.1 Å². The third-order valence-corrected chi connectivity index (χ3v) is 9.47. The molecule has 0 saturated carbocycles. The molecule has 254 valence electrons. The molecule has 7 rings (SSSR count). The summed E-state index contributed by atoms with van der Waals surface area (Å²) in [7, 11) is 2.13. The molecule has 0 bridgehead atoms. The minimum Gasteiger partial charge on any atom is -0.509 e. The molecule has 0 unspecified atom stereocenters. The summed E-state index contributed by atoms with van der Waals surface area (Å²) in [6.45, 7) is 21.0. The zero-order valence-electron chi connectivity index (χ0n) is 30.3. The number of rotatable bonds is 4. The summed E-state index contributed by atoms with van der Waals surface area (Å²) < 4.78 is 8.96. The van der Waals surface area contributed by atoms with Gasteiger partial charge in [-0.05, 0) is 63.1 Å². The molecule has 0 radical (unpaired) electrons. The van der Waals surface area contributed by atoms with E-state index < -0.39 is 0 Å². The van der Waals surface area contributed by atoms with Gasteiger partial charge in [-0.15, -0.1) is 41.3 Å². The SMILES string of the molecule is CN1CN(c2[c-]c(Oc3[c-]c4c(cc3)c3c(C(C)(C)C)cccc3n4-c3cc(C(C)(C)C)ccn3)cc(C(C)(C)C)c2)c2ccccc21.[Pt+2]. The summed E-state index contributed by atoms with van der Waals surface area (Å²) in [4.78, 5) is 9.48. The fraction of sp³-hybridized carbons (Fsp3) is 0.326. The van der Waals surface area contributed by atoms with Gasteiger partial charge < -0.3 is 19.1 Å². The van der Waals surface area contributed by atoms with Gasteiger partial charge in [-0.3, -0.25) is 0 Å². The number of fused-ring (bicyclic) bond motifs is 4. The summed E-state index contributed by atoms with van der Waals surface area (Å²) >= 11 is 0. The minimum atomic E-state index is -0.0830. The Bertz CT molecular complexity index is 2180. The molecule has 6 aromatic rings. The standard InChI is InChI=1S/C43H46N4O.Pt/c1-41(2,3)28-20-21-44-39(24-28)47-37-17-13-14-34(43(7,8)9)40(37)33-19-18-31(26-38(33)47)48-32-23-29(42(4,5)6)22-30(25-32)46-27-45(10)35-15-11-12-16-36(35)46;/h11-24H,27H2,1-10H3;/q-2;+2. The molecule has 0 N–H and O–H groups in total. The molecule has 4 aromatic carbocycles. The average Bonchev–Trinajstić information content (AvgIpc) is 3.54. The van der Waals surface area contributed by atoms with Crippen molar-refractivity contribution < 1.29 is 25.8 Å². The number of benzene rings is 4. The quantitative estimate of drug-likeness (QED) is 0.166. The van der Waals surface area contributed by atoms with Gasteiger partial charge in [0.05, 0.1) is 18.0 Å². The van der Waals surface area contributed by atoms with E-state index in [2.05, 4.69) is 169 Å². The van der Waals surface area contributed by atoms with Crippen molar-refractivity contribution in [2.75, 3.05) is 23.5 Å². The molecule has 0 fully saturated rings. The van der Waals surface area contributed by atoms with Gasteiger partial charge in [-0.1, -0.05) is 97.8 Å². The molecule has 0 spiro atoms. The molecule has 0 aliphatic carbocycles. The zero-order chi connectivity index (χ0) is 34.2. The van der Waals surface area contributed by atoms with E-state index in [-0.39, 0.29) is 37.3 Å². The fourth-order valence-corrected chi connectivity index (χ4v) is 6.77. The zero-order valence-corrected chi connectivity index (χ0v) is 32.6. The summed E-state index contributed by atoms with van der Waals surface area (Å²) in [6.07, 6.45) is 1.92. The first-order valence-electron chi connectivity index (χ1n) is 16.9. The Balaban J connectivity index is 0.00000417. The van der Waals surface area contributed by atoms with Crippen molar-refractivity contribution in [3.63, 3.8) is 0 Å². The molecular formula is C43H46N4OPt. The van der Waals surface area contributed by atoms with Crippen molar-refractivity contribution in [2.24, 2.45) is 0 Å². The normalized spacial score (nSPS) is 13.6. The van der Waals surface area contributed by atoms with E-state index in [9.17, 15) is 0 Å². The van der Waals surface area contributed by atoms with Crippen LogP contribution in [0.5, 0.6) is 11.5 Å². The molecule has 5 nitrogen and oxygen atoms in total. The summed E-state index contributed by atoms with van der Waals surface area (Å²) in [5.41, 5.74) is 9.00. The largest absolute Gasteiger partial charge is 2.00 e. The second-order valence-electron chi connectivity index (χ2n) is 16.2. The summed E-state index contributed by atoms with van der Waals surface area (Å²) in [5, 5.41) is 2.36. The average molecular weight is 830 g/mol. The second kappa shape index (κ2) is 12.4. The predicted molar refractivity (Wildman–Crippen MR) is 201 cm³/mol. The number of para-hydroxylation sites is 2. The fourth-order valence-electron chi connectivity index (χ4n) is 6.77. The van der Waals surface area contributed by atoms with Crippen molar-refractivity contribution in [1.29, 1.82) is 0 Å². The Morgan fingerprint density at radius 2 is 1.41 bits per heavy atom. The number of hydrogen-bond acceptors (Lipinski definition) is 4. The molecule has 2 aromatic heterocycles. The van der Waals surface area contributed by atoms with E-state index in [0.717, 1.165) is 34.6 Å². The molecule has 0 amide bonds. The third-order valence-electron chi connectivity index (χ3n) is 9.47. The van der Waals surface area contributed by atoms with Crippen LogP contribution < -0.4 is 14.5 Å². The van der Waals surface area contributed by atoms with Gasteiger partial charge in [0.2, 0.25) is 0 Å². The van der Waals surface area contributed by atoms with Crippen LogP contribution in [-0.2, 0) is 37.3 Å². The van der Waals surface area contributed by atoms with Gasteiger partial charge in [0.15, 0.2) is 0 Å². The van der Waals surface area contributed by atoms with Crippen molar-refractivity contribution in [1.82, 2.24) is 9.55 Å². The second-order valence-corrected chi connectivity index (χ2v) is 16.2. The van der Waals surface area contributed by atoms with Crippen LogP contribution in [0.3, 0.4) is 0 Å². The monoisotopic (exact) mass is 829 g/mol. The van der Waals surface area contributed by atoms with Crippen molar-refractivity contribution in [2.45, 2.75) is 78.6 Å². The molecule has 0 atom stereocenters. The Kier molecular flexibility index (Phi) is 8.77. The topological polar surface area (TPSA) is 33.5 Å². The van der Waals surface area contributed by atoms with E-state index in [1.807, 2.05) is 12.3 Å². The maximum Gasteiger partial charge on any atom is 2.00 e. The van der Waals surface area contributed by atoms with Crippen LogP contribution in [0.25, 0.3) is 27.6 Å². The third kappa shape index (κ3) is 6.39. The van der Waals surface area contributed by atoms with Gasteiger partial charge in [0.1, 0.15) is 5.82 Å². The summed E-state index contributed by atoms with van der Waals surface area (Å²) in [6, 6.07) is 35.4. The van der Waals surface area contributed by atoms with Crippen LogP contribution in [0.1, 0.15) is 79.0 Å². The van der Waals surface area contributed by atoms with Crippen LogP contribution in [0.4, 0.5) is 17.1 Å². The Morgan fingerprint density at radius 3 is 2.10 bits per heavy atom. The first-order valence-corrected chi connectivity index (χ1v) is 16.9. The molecule has 0 saturated heterocycles. The Morgan fingerprint density at radius 1 is 0.694 bits per heavy atom. The van der Waals surface area contributed by atoms with Gasteiger partial charge in [-0.2, -0.15) is 6.07 Å². The Labute approximate surface area is 306 Å². The van der Waals surface area contributed by atoms with Crippen LogP contribution in [0, 0.1) is 12.1 Å². The van der Waals surface area contributed by atoms with Gasteiger partial charge in [0.25, 0.3) is 0 Å². The van der Waals surface area contributed by atoms with Crippen molar-refractivity contribution in [3.05, 3.63) is 114 Å². The maximum absolute atomic E-state index is 6.71. The van der Waals surface area contributed by atoms with Crippen molar-refractivity contribution in [3.8, 4) is 17.3 Å². The molecule has 6 heteroatoms. The van der Waals surface area contributed by atoms with Gasteiger partial charge >= 0.3 is 21.1 Å². The number of hydrogen-bond donors (Lipinski definition) is 0. The summed E-state index contributed by atoms with van der Waals surface area (Å²) in [5.74, 6) is 2.19. The number of aromatic nitrogens is 2. The van der Waals surface area contributed by atoms with Crippen LogP contribution in [0.2, 0.25) is 0 Å². The van der Waals surface area contributed by atoms with Gasteiger partial charge in [0, 0.05) is 30.3 Å². The predicted octanol–water partition coefficient (Wildman–Crippen LogP) is 11.0. The van der Waals surface area contributed by atoms with Crippen LogP contribution in [-0.4, -0.2) is 23.3 Å². The number of pyridine rings is 1. The molecule has 1 aliphatic rings. The maximum atomic E-state index is 6.71. The molecule has 1 aliphatic heterocycles. The first-order chi connectivity index (χ1) is 22.6. The van der Waals surface area contributed by atoms with E-state index >= 15 is 0 Å². The first kappa shape index (κ1) is 34.8. The number of ether oxygens (including phenoxy) is 1. The number of anilines is 3. The molecule has 3 heterocycles. The van der Waals surface area contributed by atoms with Crippen LogP contribution >= 0.6 is 0 Å².